The maximum Gasteiger partial charge on any atom is 0.172 e. The highest BCUT2D eigenvalue weighted by molar-refractivity contribution is 6.02. The van der Waals surface area contributed by atoms with Crippen molar-refractivity contribution in [1.29, 1.82) is 0 Å². The fourth-order valence-corrected chi connectivity index (χ4v) is 2.35. The van der Waals surface area contributed by atoms with Crippen molar-refractivity contribution < 1.29 is 5.21 Å². The molecule has 0 radical (unpaired) electrons. The number of nitrogens with zero attached hydrogens (tertiary/aromatic N) is 2. The third-order valence-electron chi connectivity index (χ3n) is 3.62. The van der Waals surface area contributed by atoms with Crippen LogP contribution in [0.2, 0.25) is 0 Å². The van der Waals surface area contributed by atoms with Crippen LogP contribution in [0.1, 0.15) is 19.4 Å². The van der Waals surface area contributed by atoms with Crippen molar-refractivity contribution in [2.24, 2.45) is 22.7 Å². The number of hydrogen-bond donors (Lipinski definition) is 2. The standard InChI is InChI=1S/C13H19N3O/c1-9-7-16(8-10(9)2)12-6-4-3-5-11(12)13(14)15-17/h3-6,9-10,17H,7-8H2,1-2H3,(H2,14,15). The maximum absolute atomic E-state index is 8.80. The zero-order valence-corrected chi connectivity index (χ0v) is 10.3. The van der Waals surface area contributed by atoms with E-state index >= 15 is 0 Å². The van der Waals surface area contributed by atoms with Crippen LogP contribution >= 0.6 is 0 Å². The lowest BCUT2D eigenvalue weighted by Gasteiger charge is -2.21. The Labute approximate surface area is 102 Å². The van der Waals surface area contributed by atoms with Crippen molar-refractivity contribution >= 4 is 11.5 Å². The molecule has 0 aromatic heterocycles. The van der Waals surface area contributed by atoms with Gasteiger partial charge in [-0.3, -0.25) is 0 Å². The van der Waals surface area contributed by atoms with Crippen molar-refractivity contribution in [2.45, 2.75) is 13.8 Å². The van der Waals surface area contributed by atoms with Crippen LogP contribution in [0.25, 0.3) is 0 Å². The van der Waals surface area contributed by atoms with E-state index in [2.05, 4.69) is 23.9 Å². The Morgan fingerprint density at radius 3 is 2.47 bits per heavy atom. The van der Waals surface area contributed by atoms with Crippen LogP contribution in [0, 0.1) is 11.8 Å². The summed E-state index contributed by atoms with van der Waals surface area (Å²) in [6, 6.07) is 7.80. The molecule has 3 N–H and O–H groups in total. The Kier molecular flexibility index (Phi) is 3.22. The molecule has 4 heteroatoms. The molecule has 17 heavy (non-hydrogen) atoms. The molecule has 1 aliphatic rings. The molecular formula is C13H19N3O. The lowest BCUT2D eigenvalue weighted by Crippen LogP contribution is -2.24. The molecule has 1 fully saturated rings. The van der Waals surface area contributed by atoms with E-state index in [9.17, 15) is 0 Å². The van der Waals surface area contributed by atoms with Crippen molar-refractivity contribution in [3.63, 3.8) is 0 Å². The lowest BCUT2D eigenvalue weighted by molar-refractivity contribution is 0.318. The number of oxime groups is 1. The van der Waals surface area contributed by atoms with Gasteiger partial charge in [-0.2, -0.15) is 0 Å². The summed E-state index contributed by atoms with van der Waals surface area (Å²) in [5.74, 6) is 1.53. The Morgan fingerprint density at radius 1 is 1.29 bits per heavy atom. The molecule has 2 rings (SSSR count). The molecule has 1 aromatic carbocycles. The molecule has 0 spiro atoms. The molecule has 1 aromatic rings. The number of nitrogens with two attached hydrogens (primary N) is 1. The number of hydrogen-bond acceptors (Lipinski definition) is 3. The zero-order valence-electron chi connectivity index (χ0n) is 10.3. The first-order valence-electron chi connectivity index (χ1n) is 5.95. The minimum absolute atomic E-state index is 0.174. The smallest absolute Gasteiger partial charge is 0.172 e. The molecule has 0 saturated carbocycles. The summed E-state index contributed by atoms with van der Waals surface area (Å²) in [7, 11) is 0. The van der Waals surface area contributed by atoms with Gasteiger partial charge in [-0.25, -0.2) is 0 Å². The molecule has 1 heterocycles. The number of rotatable bonds is 2. The normalized spacial score (nSPS) is 25.3. The fraction of sp³-hybridized carbons (Fsp3) is 0.462. The molecule has 0 aliphatic carbocycles. The number of amidine groups is 1. The molecule has 92 valence electrons. The third-order valence-corrected chi connectivity index (χ3v) is 3.62. The van der Waals surface area contributed by atoms with E-state index in [1.165, 1.54) is 0 Å². The molecule has 1 aliphatic heterocycles. The number of benzene rings is 1. The quantitative estimate of drug-likeness (QED) is 0.355. The van der Waals surface area contributed by atoms with Gasteiger partial charge < -0.3 is 15.8 Å². The van der Waals surface area contributed by atoms with Crippen molar-refractivity contribution in [1.82, 2.24) is 0 Å². The average Bonchev–Trinajstić information content (AvgIpc) is 2.68. The van der Waals surface area contributed by atoms with Crippen LogP contribution in [0.4, 0.5) is 5.69 Å². The molecule has 2 atom stereocenters. The Bertz CT molecular complexity index is 420. The summed E-state index contributed by atoms with van der Waals surface area (Å²) in [5.41, 5.74) is 7.56. The first-order valence-corrected chi connectivity index (χ1v) is 5.95. The number of para-hydroxylation sites is 1. The molecule has 2 unspecified atom stereocenters. The van der Waals surface area contributed by atoms with Crippen LogP contribution in [0.5, 0.6) is 0 Å². The van der Waals surface area contributed by atoms with Gasteiger partial charge in [0.2, 0.25) is 0 Å². The van der Waals surface area contributed by atoms with Crippen LogP contribution < -0.4 is 10.6 Å². The van der Waals surface area contributed by atoms with E-state index in [0.717, 1.165) is 24.3 Å². The molecule has 0 bridgehead atoms. The zero-order chi connectivity index (χ0) is 12.4. The first kappa shape index (κ1) is 11.8. The van der Waals surface area contributed by atoms with Gasteiger partial charge in [0.05, 0.1) is 0 Å². The highest BCUT2D eigenvalue weighted by atomic mass is 16.4. The van der Waals surface area contributed by atoms with E-state index < -0.39 is 0 Å². The van der Waals surface area contributed by atoms with E-state index in [0.29, 0.717) is 11.8 Å². The first-order chi connectivity index (χ1) is 8.13. The minimum atomic E-state index is 0.174. The summed E-state index contributed by atoms with van der Waals surface area (Å²) in [6.07, 6.45) is 0. The Morgan fingerprint density at radius 2 is 1.88 bits per heavy atom. The average molecular weight is 233 g/mol. The topological polar surface area (TPSA) is 61.8 Å². The molecular weight excluding hydrogens is 214 g/mol. The minimum Gasteiger partial charge on any atom is -0.409 e. The van der Waals surface area contributed by atoms with Crippen LogP contribution in [-0.2, 0) is 0 Å². The SMILES string of the molecule is CC1CN(c2ccccc2C(N)=NO)CC1C. The second kappa shape index (κ2) is 4.65. The van der Waals surface area contributed by atoms with E-state index in [4.69, 9.17) is 10.9 Å². The van der Waals surface area contributed by atoms with Gasteiger partial charge in [-0.1, -0.05) is 31.1 Å². The van der Waals surface area contributed by atoms with E-state index in [-0.39, 0.29) is 5.84 Å². The van der Waals surface area contributed by atoms with Crippen molar-refractivity contribution in [3.8, 4) is 0 Å². The van der Waals surface area contributed by atoms with Gasteiger partial charge >= 0.3 is 0 Å². The van der Waals surface area contributed by atoms with Crippen LogP contribution in [0.15, 0.2) is 29.4 Å². The summed E-state index contributed by atoms with van der Waals surface area (Å²) in [4.78, 5) is 2.31. The third kappa shape index (κ3) is 2.20. The van der Waals surface area contributed by atoms with Crippen LogP contribution in [0.3, 0.4) is 0 Å². The number of anilines is 1. The van der Waals surface area contributed by atoms with E-state index in [1.807, 2.05) is 24.3 Å². The summed E-state index contributed by atoms with van der Waals surface area (Å²) in [6.45, 7) is 6.57. The van der Waals surface area contributed by atoms with Gasteiger partial charge in [0.1, 0.15) is 0 Å². The summed E-state index contributed by atoms with van der Waals surface area (Å²) >= 11 is 0. The van der Waals surface area contributed by atoms with Crippen LogP contribution in [-0.4, -0.2) is 24.1 Å². The van der Waals surface area contributed by atoms with E-state index in [1.54, 1.807) is 0 Å². The molecule has 0 amide bonds. The molecule has 4 nitrogen and oxygen atoms in total. The second-order valence-electron chi connectivity index (χ2n) is 4.86. The summed E-state index contributed by atoms with van der Waals surface area (Å²) in [5, 5.41) is 11.9. The molecule has 1 saturated heterocycles. The second-order valence-corrected chi connectivity index (χ2v) is 4.86. The van der Waals surface area contributed by atoms with Crippen molar-refractivity contribution in [2.75, 3.05) is 18.0 Å². The van der Waals surface area contributed by atoms with Gasteiger partial charge in [0.15, 0.2) is 5.84 Å². The van der Waals surface area contributed by atoms with Gasteiger partial charge in [-0.15, -0.1) is 0 Å². The van der Waals surface area contributed by atoms with Crippen molar-refractivity contribution in [3.05, 3.63) is 29.8 Å². The van der Waals surface area contributed by atoms with Gasteiger partial charge in [-0.05, 0) is 24.0 Å². The largest absolute Gasteiger partial charge is 0.409 e. The Hall–Kier alpha value is -1.71. The van der Waals surface area contributed by atoms with Gasteiger partial charge in [0, 0.05) is 24.3 Å². The highest BCUT2D eigenvalue weighted by Gasteiger charge is 2.27. The Balaban J connectivity index is 2.33. The highest BCUT2D eigenvalue weighted by Crippen LogP contribution is 2.29. The predicted molar refractivity (Wildman–Crippen MR) is 69.5 cm³/mol. The fourth-order valence-electron chi connectivity index (χ4n) is 2.35. The monoisotopic (exact) mass is 233 g/mol. The lowest BCUT2D eigenvalue weighted by atomic mass is 10.0. The van der Waals surface area contributed by atoms with Gasteiger partial charge in [0.25, 0.3) is 0 Å². The predicted octanol–water partition coefficient (Wildman–Crippen LogP) is 1.87. The maximum atomic E-state index is 8.80. The summed E-state index contributed by atoms with van der Waals surface area (Å²) < 4.78 is 0.